The third kappa shape index (κ3) is 9.98. The van der Waals surface area contributed by atoms with Crippen LogP contribution in [-0.4, -0.2) is 65.3 Å². The molecule has 0 heterocycles. The predicted octanol–water partition coefficient (Wildman–Crippen LogP) is 1.58. The summed E-state index contributed by atoms with van der Waals surface area (Å²) < 4.78 is 49.0. The second kappa shape index (κ2) is 15.3. The fourth-order valence-electron chi connectivity index (χ4n) is 3.76. The van der Waals surface area contributed by atoms with Crippen molar-refractivity contribution in [2.75, 3.05) is 6.54 Å². The molecule has 12 nitrogen and oxygen atoms in total. The van der Waals surface area contributed by atoms with Gasteiger partial charge in [-0.1, -0.05) is 60.7 Å². The number of carboxylic acid groups (broad SMARTS) is 1. The normalized spacial score (nSPS) is 13.9. The summed E-state index contributed by atoms with van der Waals surface area (Å²) in [4.78, 5) is 53.9. The van der Waals surface area contributed by atoms with E-state index in [0.29, 0.717) is 5.56 Å². The third-order valence-corrected chi connectivity index (χ3v) is 6.01. The molecule has 42 heavy (non-hydrogen) atoms. The molecule has 0 unspecified atom stereocenters. The summed E-state index contributed by atoms with van der Waals surface area (Å²) in [6.07, 6.45) is -7.84. The van der Waals surface area contributed by atoms with Gasteiger partial charge in [-0.15, -0.1) is 0 Å². The largest absolute Gasteiger partial charge is 0.480 e. The van der Waals surface area contributed by atoms with Crippen LogP contribution in [0.25, 0.3) is 0 Å². The van der Waals surface area contributed by atoms with Gasteiger partial charge in [0.25, 0.3) is 5.91 Å². The number of carbonyl (C=O) groups excluding carboxylic acids is 3. The number of alkyl carbamates (subject to hydrolysis) is 1. The minimum atomic E-state index is -5.36. The number of aliphatic imine (C=N–C) groups is 1. The first-order valence-corrected chi connectivity index (χ1v) is 12.7. The van der Waals surface area contributed by atoms with Gasteiger partial charge in [0.2, 0.25) is 11.4 Å². The van der Waals surface area contributed by atoms with Gasteiger partial charge in [-0.05, 0) is 30.9 Å². The number of carboxylic acids is 1. The second-order valence-electron chi connectivity index (χ2n) is 9.30. The van der Waals surface area contributed by atoms with E-state index in [2.05, 4.69) is 10.3 Å². The lowest BCUT2D eigenvalue weighted by Crippen LogP contribution is -2.70. The van der Waals surface area contributed by atoms with E-state index in [4.69, 9.17) is 16.2 Å². The maximum Gasteiger partial charge on any atom is 0.421 e. The number of ether oxygens (including phenoxy) is 1. The van der Waals surface area contributed by atoms with Crippen LogP contribution < -0.4 is 27.4 Å². The maximum atomic E-state index is 14.7. The quantitative estimate of drug-likeness (QED) is 0.108. The lowest BCUT2D eigenvalue weighted by atomic mass is 9.88. The standard InChI is InChI=1S/C27H33F3N6O6/c1-17(21(37)35-20(22(38)39)13-8-14-33-24(31)32)34-23(40)26(27(28,29)30,15-18-9-4-2-5-10-18)36-25(41)42-16-19-11-6-3-7-12-19/h2-7,9-12,17,20H,8,13-16H2,1H3,(H,34,40)(H,35,37)(H,36,41)(H,38,39)(H4,31,32,33)/t17-,20-,26-/m0/s1. The lowest BCUT2D eigenvalue weighted by Gasteiger charge is -2.35. The molecule has 8 N–H and O–H groups in total. The number of nitrogens with one attached hydrogen (secondary N) is 3. The fraction of sp³-hybridized carbons (Fsp3) is 0.370. The molecular weight excluding hydrogens is 561 g/mol. The van der Waals surface area contributed by atoms with E-state index in [0.717, 1.165) is 6.92 Å². The van der Waals surface area contributed by atoms with Crippen LogP contribution >= 0.6 is 0 Å². The first-order valence-electron chi connectivity index (χ1n) is 12.7. The van der Waals surface area contributed by atoms with Gasteiger partial charge in [0.15, 0.2) is 5.96 Å². The Hall–Kier alpha value is -4.82. The highest BCUT2D eigenvalue weighted by molar-refractivity contribution is 5.95. The lowest BCUT2D eigenvalue weighted by molar-refractivity contribution is -0.198. The Balaban J connectivity index is 2.25. The van der Waals surface area contributed by atoms with Crippen molar-refractivity contribution in [1.29, 1.82) is 0 Å². The van der Waals surface area contributed by atoms with E-state index in [-0.39, 0.29) is 37.5 Å². The number of rotatable bonds is 14. The molecule has 0 fully saturated rings. The number of guanidine groups is 1. The average Bonchev–Trinajstić information content (AvgIpc) is 2.93. The van der Waals surface area contributed by atoms with Crippen LogP contribution in [0, 0.1) is 0 Å². The number of amides is 3. The molecule has 0 aliphatic heterocycles. The number of carbonyl (C=O) groups is 4. The van der Waals surface area contributed by atoms with Crippen LogP contribution in [0.3, 0.4) is 0 Å². The monoisotopic (exact) mass is 594 g/mol. The third-order valence-electron chi connectivity index (χ3n) is 6.01. The zero-order valence-corrected chi connectivity index (χ0v) is 22.7. The molecule has 0 bridgehead atoms. The Morgan fingerprint density at radius 3 is 2.05 bits per heavy atom. The molecule has 0 aliphatic rings. The van der Waals surface area contributed by atoms with Crippen molar-refractivity contribution in [2.45, 2.75) is 56.6 Å². The molecule has 3 amide bonds. The van der Waals surface area contributed by atoms with Crippen molar-refractivity contribution >= 4 is 29.8 Å². The van der Waals surface area contributed by atoms with E-state index in [1.54, 1.807) is 41.7 Å². The van der Waals surface area contributed by atoms with Crippen LogP contribution in [0.2, 0.25) is 0 Å². The molecule has 2 rings (SSSR count). The smallest absolute Gasteiger partial charge is 0.421 e. The minimum absolute atomic E-state index is 0.0529. The van der Waals surface area contributed by atoms with E-state index >= 15 is 0 Å². The molecule has 2 aromatic rings. The summed E-state index contributed by atoms with van der Waals surface area (Å²) in [6.45, 7) is 0.781. The van der Waals surface area contributed by atoms with Crippen molar-refractivity contribution in [1.82, 2.24) is 16.0 Å². The van der Waals surface area contributed by atoms with Crippen molar-refractivity contribution in [3.05, 3.63) is 71.8 Å². The fourth-order valence-corrected chi connectivity index (χ4v) is 3.76. The highest BCUT2D eigenvalue weighted by atomic mass is 19.4. The van der Waals surface area contributed by atoms with Crippen LogP contribution in [-0.2, 0) is 32.1 Å². The second-order valence-corrected chi connectivity index (χ2v) is 9.30. The molecule has 3 atom stereocenters. The number of nitrogens with two attached hydrogens (primary N) is 2. The predicted molar refractivity (Wildman–Crippen MR) is 146 cm³/mol. The molecule has 15 heteroatoms. The molecule has 0 aliphatic carbocycles. The summed E-state index contributed by atoms with van der Waals surface area (Å²) >= 11 is 0. The van der Waals surface area contributed by atoms with Gasteiger partial charge in [0, 0.05) is 13.0 Å². The van der Waals surface area contributed by atoms with E-state index in [9.17, 15) is 37.5 Å². The van der Waals surface area contributed by atoms with Crippen molar-refractivity contribution in [3.8, 4) is 0 Å². The van der Waals surface area contributed by atoms with Crippen molar-refractivity contribution < 1.29 is 42.2 Å². The summed E-state index contributed by atoms with van der Waals surface area (Å²) in [7, 11) is 0. The Morgan fingerprint density at radius 2 is 1.52 bits per heavy atom. The van der Waals surface area contributed by atoms with Gasteiger partial charge >= 0.3 is 18.2 Å². The Kier molecular flexibility index (Phi) is 12.1. The molecule has 2 aromatic carbocycles. The Labute approximate surface area is 239 Å². The van der Waals surface area contributed by atoms with E-state index in [1.165, 1.54) is 24.3 Å². The molecule has 0 saturated heterocycles. The number of halogens is 3. The van der Waals surface area contributed by atoms with Crippen LogP contribution in [0.5, 0.6) is 0 Å². The summed E-state index contributed by atoms with van der Waals surface area (Å²) in [5.74, 6) is -4.44. The number of benzene rings is 2. The van der Waals surface area contributed by atoms with Gasteiger partial charge in [0.1, 0.15) is 18.7 Å². The number of aliphatic carboxylic acids is 1. The Morgan fingerprint density at radius 1 is 0.952 bits per heavy atom. The minimum Gasteiger partial charge on any atom is -0.480 e. The molecule has 0 saturated carbocycles. The maximum absolute atomic E-state index is 14.7. The van der Waals surface area contributed by atoms with Gasteiger partial charge in [-0.25, -0.2) is 9.59 Å². The number of hydrogen-bond acceptors (Lipinski definition) is 6. The molecular formula is C27H33F3N6O6. The van der Waals surface area contributed by atoms with Crippen molar-refractivity contribution in [2.24, 2.45) is 16.5 Å². The molecule has 0 radical (unpaired) electrons. The first-order chi connectivity index (χ1) is 19.7. The number of alkyl halides is 3. The van der Waals surface area contributed by atoms with Crippen LogP contribution in [0.15, 0.2) is 65.7 Å². The number of hydrogen-bond donors (Lipinski definition) is 6. The van der Waals surface area contributed by atoms with Crippen molar-refractivity contribution in [3.63, 3.8) is 0 Å². The summed E-state index contributed by atoms with van der Waals surface area (Å²) in [5, 5.41) is 15.2. The van der Waals surface area contributed by atoms with Crippen LogP contribution in [0.1, 0.15) is 30.9 Å². The zero-order chi connectivity index (χ0) is 31.3. The van der Waals surface area contributed by atoms with E-state index < -0.39 is 54.1 Å². The van der Waals surface area contributed by atoms with Gasteiger partial charge < -0.3 is 31.9 Å². The van der Waals surface area contributed by atoms with Gasteiger partial charge in [-0.2, -0.15) is 13.2 Å². The van der Waals surface area contributed by atoms with Gasteiger partial charge in [0.05, 0.1) is 0 Å². The van der Waals surface area contributed by atoms with Crippen LogP contribution in [0.4, 0.5) is 18.0 Å². The van der Waals surface area contributed by atoms with E-state index in [1.807, 2.05) is 5.32 Å². The van der Waals surface area contributed by atoms with Gasteiger partial charge in [-0.3, -0.25) is 19.9 Å². The summed E-state index contributed by atoms with van der Waals surface area (Å²) in [6, 6.07) is 12.2. The summed E-state index contributed by atoms with van der Waals surface area (Å²) in [5.41, 5.74) is 7.42. The molecule has 0 spiro atoms. The Bertz CT molecular complexity index is 1240. The molecule has 228 valence electrons. The molecule has 0 aromatic heterocycles. The first kappa shape index (κ1) is 33.4. The zero-order valence-electron chi connectivity index (χ0n) is 22.7. The highest BCUT2D eigenvalue weighted by Crippen LogP contribution is 2.34. The highest BCUT2D eigenvalue weighted by Gasteiger charge is 2.62. The number of nitrogens with zero attached hydrogens (tertiary/aromatic N) is 1. The topological polar surface area (TPSA) is 198 Å². The SMILES string of the molecule is C[C@H](NC(=O)[C@](Cc1ccccc1)(NC(=O)OCc1ccccc1)C(F)(F)F)C(=O)N[C@@H](CCCN=C(N)N)C(=O)O. The average molecular weight is 595 g/mol.